The number of thioether (sulfide) groups is 1. The van der Waals surface area contributed by atoms with Crippen LogP contribution in [0.3, 0.4) is 0 Å². The minimum atomic E-state index is -0.343. The van der Waals surface area contributed by atoms with Crippen molar-refractivity contribution in [1.29, 1.82) is 0 Å². The van der Waals surface area contributed by atoms with Crippen LogP contribution < -0.4 is 10.1 Å². The first-order chi connectivity index (χ1) is 15.2. The second-order valence-electron chi connectivity index (χ2n) is 6.67. The molecule has 0 bridgehead atoms. The molecule has 0 atom stereocenters. The van der Waals surface area contributed by atoms with Crippen molar-refractivity contribution < 1.29 is 13.9 Å². The third-order valence-electron chi connectivity index (χ3n) is 4.38. The quantitative estimate of drug-likeness (QED) is 0.315. The molecule has 4 rings (SSSR count). The molecule has 0 aliphatic carbocycles. The lowest BCUT2D eigenvalue weighted by Gasteiger charge is -2.11. The molecule has 31 heavy (non-hydrogen) atoms. The van der Waals surface area contributed by atoms with E-state index in [4.69, 9.17) is 4.74 Å². The minimum Gasteiger partial charge on any atom is -0.489 e. The SMILES string of the molecule is O=C(Nc1cccc(COc2cccc(F)c2)c1)c1ccccc1SCc1cscn1. The lowest BCUT2D eigenvalue weighted by Crippen LogP contribution is -2.13. The van der Waals surface area contributed by atoms with Crippen LogP contribution in [0.1, 0.15) is 21.6 Å². The zero-order chi connectivity index (χ0) is 21.5. The number of nitrogens with zero attached hydrogens (tertiary/aromatic N) is 1. The monoisotopic (exact) mass is 450 g/mol. The van der Waals surface area contributed by atoms with Crippen molar-refractivity contribution in [3.05, 3.63) is 106 Å². The highest BCUT2D eigenvalue weighted by atomic mass is 32.2. The molecule has 1 aromatic heterocycles. The van der Waals surface area contributed by atoms with Gasteiger partial charge in [-0.3, -0.25) is 4.79 Å². The molecule has 0 unspecified atom stereocenters. The van der Waals surface area contributed by atoms with Gasteiger partial charge in [0.1, 0.15) is 18.2 Å². The number of thiazole rings is 1. The van der Waals surface area contributed by atoms with Gasteiger partial charge in [-0.1, -0.05) is 30.3 Å². The summed E-state index contributed by atoms with van der Waals surface area (Å²) in [4.78, 5) is 18.1. The van der Waals surface area contributed by atoms with Crippen molar-refractivity contribution in [1.82, 2.24) is 4.98 Å². The van der Waals surface area contributed by atoms with E-state index < -0.39 is 0 Å². The Balaban J connectivity index is 1.41. The molecule has 0 aliphatic heterocycles. The van der Waals surface area contributed by atoms with E-state index in [9.17, 15) is 9.18 Å². The molecule has 3 aromatic carbocycles. The second-order valence-corrected chi connectivity index (χ2v) is 8.40. The smallest absolute Gasteiger partial charge is 0.256 e. The highest BCUT2D eigenvalue weighted by Crippen LogP contribution is 2.27. The lowest BCUT2D eigenvalue weighted by atomic mass is 10.2. The summed E-state index contributed by atoms with van der Waals surface area (Å²) in [6.07, 6.45) is 0. The Kier molecular flexibility index (Phi) is 6.96. The third kappa shape index (κ3) is 5.93. The molecule has 0 saturated carbocycles. The van der Waals surface area contributed by atoms with E-state index >= 15 is 0 Å². The first kappa shape index (κ1) is 21.1. The van der Waals surface area contributed by atoms with Gasteiger partial charge < -0.3 is 10.1 Å². The van der Waals surface area contributed by atoms with Crippen molar-refractivity contribution in [2.24, 2.45) is 0 Å². The Hall–Kier alpha value is -3.16. The molecule has 0 spiro atoms. The van der Waals surface area contributed by atoms with Crippen LogP contribution in [0.4, 0.5) is 10.1 Å². The maximum absolute atomic E-state index is 13.3. The van der Waals surface area contributed by atoms with Gasteiger partial charge in [-0.25, -0.2) is 9.37 Å². The summed E-state index contributed by atoms with van der Waals surface area (Å²) < 4.78 is 18.9. The van der Waals surface area contributed by atoms with Crippen LogP contribution in [0, 0.1) is 5.82 Å². The summed E-state index contributed by atoms with van der Waals surface area (Å²) in [5.41, 5.74) is 4.96. The second kappa shape index (κ2) is 10.2. The number of hydrogen-bond donors (Lipinski definition) is 1. The Morgan fingerprint density at radius 1 is 1.06 bits per heavy atom. The van der Waals surface area contributed by atoms with Gasteiger partial charge >= 0.3 is 0 Å². The van der Waals surface area contributed by atoms with Gasteiger partial charge in [0.2, 0.25) is 0 Å². The molecule has 0 fully saturated rings. The molecule has 7 heteroatoms. The van der Waals surface area contributed by atoms with Crippen molar-refractivity contribution in [2.75, 3.05) is 5.32 Å². The minimum absolute atomic E-state index is 0.176. The van der Waals surface area contributed by atoms with E-state index in [0.29, 0.717) is 22.8 Å². The van der Waals surface area contributed by atoms with Crippen LogP contribution in [0.15, 0.2) is 88.6 Å². The molecule has 4 aromatic rings. The Morgan fingerprint density at radius 3 is 2.77 bits per heavy atom. The Morgan fingerprint density at radius 2 is 1.94 bits per heavy atom. The number of hydrogen-bond acceptors (Lipinski definition) is 5. The number of amides is 1. The molecule has 0 aliphatic rings. The van der Waals surface area contributed by atoms with Crippen LogP contribution >= 0.6 is 23.1 Å². The first-order valence-electron chi connectivity index (χ1n) is 9.55. The fraction of sp³-hybridized carbons (Fsp3) is 0.0833. The maximum atomic E-state index is 13.3. The molecule has 1 amide bonds. The number of halogens is 1. The van der Waals surface area contributed by atoms with Gasteiger partial charge in [-0.05, 0) is 42.0 Å². The standard InChI is InChI=1S/C24H19FN2O2S2/c25-18-6-4-8-21(12-18)29-13-17-5-3-7-19(11-17)27-24(28)22-9-1-2-10-23(22)31-15-20-14-30-16-26-20/h1-12,14,16H,13,15H2,(H,27,28). The van der Waals surface area contributed by atoms with Crippen LogP contribution in [0.2, 0.25) is 0 Å². The number of aromatic nitrogens is 1. The molecule has 1 heterocycles. The van der Waals surface area contributed by atoms with Crippen LogP contribution in [0.5, 0.6) is 5.75 Å². The normalized spacial score (nSPS) is 10.6. The largest absolute Gasteiger partial charge is 0.489 e. The van der Waals surface area contributed by atoms with Gasteiger partial charge in [0.05, 0.1) is 16.8 Å². The number of carbonyl (C=O) groups excluding carboxylic acids is 1. The summed E-state index contributed by atoms with van der Waals surface area (Å²) in [5, 5.41) is 4.97. The Labute approximate surface area is 188 Å². The average molecular weight is 451 g/mol. The predicted octanol–water partition coefficient (Wildman–Crippen LogP) is 6.41. The lowest BCUT2D eigenvalue weighted by molar-refractivity contribution is 0.102. The highest BCUT2D eigenvalue weighted by Gasteiger charge is 2.12. The topological polar surface area (TPSA) is 51.2 Å². The van der Waals surface area contributed by atoms with Crippen molar-refractivity contribution in [3.8, 4) is 5.75 Å². The summed E-state index contributed by atoms with van der Waals surface area (Å²) in [5.74, 6) is 0.649. The fourth-order valence-electron chi connectivity index (χ4n) is 2.90. The van der Waals surface area contributed by atoms with Crippen LogP contribution in [-0.2, 0) is 12.4 Å². The van der Waals surface area contributed by atoms with Gasteiger partial charge in [-0.15, -0.1) is 23.1 Å². The highest BCUT2D eigenvalue weighted by molar-refractivity contribution is 7.98. The fourth-order valence-corrected chi connectivity index (χ4v) is 4.52. The van der Waals surface area contributed by atoms with Crippen LogP contribution in [0.25, 0.3) is 0 Å². The maximum Gasteiger partial charge on any atom is 0.256 e. The molecular formula is C24H19FN2O2S2. The van der Waals surface area contributed by atoms with E-state index in [2.05, 4.69) is 10.3 Å². The average Bonchev–Trinajstić information content (AvgIpc) is 3.31. The van der Waals surface area contributed by atoms with Gasteiger partial charge in [0.25, 0.3) is 5.91 Å². The number of anilines is 1. The van der Waals surface area contributed by atoms with E-state index in [0.717, 1.165) is 16.2 Å². The van der Waals surface area contributed by atoms with Gasteiger partial charge in [-0.2, -0.15) is 0 Å². The zero-order valence-electron chi connectivity index (χ0n) is 16.5. The van der Waals surface area contributed by atoms with Crippen LogP contribution in [-0.4, -0.2) is 10.9 Å². The molecular weight excluding hydrogens is 431 g/mol. The summed E-state index contributed by atoms with van der Waals surface area (Å²) in [6.45, 7) is 0.271. The third-order valence-corrected chi connectivity index (χ3v) is 6.12. The number of rotatable bonds is 8. The predicted molar refractivity (Wildman–Crippen MR) is 123 cm³/mol. The zero-order valence-corrected chi connectivity index (χ0v) is 18.1. The number of nitrogens with one attached hydrogen (secondary N) is 1. The Bertz CT molecular complexity index is 1170. The molecule has 0 radical (unpaired) electrons. The number of ether oxygens (including phenoxy) is 1. The molecule has 1 N–H and O–H groups in total. The van der Waals surface area contributed by atoms with E-state index in [-0.39, 0.29) is 18.3 Å². The van der Waals surface area contributed by atoms with Crippen molar-refractivity contribution in [3.63, 3.8) is 0 Å². The van der Waals surface area contributed by atoms with Crippen molar-refractivity contribution in [2.45, 2.75) is 17.3 Å². The summed E-state index contributed by atoms with van der Waals surface area (Å²) in [7, 11) is 0. The first-order valence-corrected chi connectivity index (χ1v) is 11.5. The van der Waals surface area contributed by atoms with Gasteiger partial charge in [0, 0.05) is 27.8 Å². The number of benzene rings is 3. The number of carbonyl (C=O) groups is 1. The van der Waals surface area contributed by atoms with Crippen molar-refractivity contribution >= 4 is 34.7 Å². The van der Waals surface area contributed by atoms with E-state index in [1.807, 2.05) is 53.9 Å². The summed E-state index contributed by atoms with van der Waals surface area (Å²) >= 11 is 3.15. The van der Waals surface area contributed by atoms with E-state index in [1.165, 1.54) is 12.1 Å². The molecule has 0 saturated heterocycles. The molecule has 4 nitrogen and oxygen atoms in total. The molecule has 156 valence electrons. The van der Waals surface area contributed by atoms with E-state index in [1.54, 1.807) is 40.7 Å². The summed E-state index contributed by atoms with van der Waals surface area (Å²) in [6, 6.07) is 21.0. The van der Waals surface area contributed by atoms with Gasteiger partial charge in [0.15, 0.2) is 0 Å².